The van der Waals surface area contributed by atoms with Crippen LogP contribution in [0.4, 0.5) is 16.1 Å². The fourth-order valence-corrected chi connectivity index (χ4v) is 4.50. The highest BCUT2D eigenvalue weighted by molar-refractivity contribution is 5.79. The van der Waals surface area contributed by atoms with Crippen molar-refractivity contribution in [2.45, 2.75) is 12.8 Å². The number of rotatable bonds is 4. The Hall–Kier alpha value is -3.42. The Labute approximate surface area is 186 Å². The van der Waals surface area contributed by atoms with Crippen LogP contribution in [0.15, 0.2) is 59.1 Å². The number of nitrogens with zero attached hydrogens (tertiary/aromatic N) is 5. The molecule has 0 radical (unpaired) electrons. The SMILES string of the molecule is O=C(C1CCN(c2nc(-c3ccccc3)no2)CC1)N1CCN(c2ccccc2F)CC1. The lowest BCUT2D eigenvalue weighted by molar-refractivity contribution is -0.136. The number of aromatic nitrogens is 2. The molecule has 8 heteroatoms. The highest BCUT2D eigenvalue weighted by Gasteiger charge is 2.32. The van der Waals surface area contributed by atoms with Crippen LogP contribution >= 0.6 is 0 Å². The van der Waals surface area contributed by atoms with Crippen LogP contribution in [-0.2, 0) is 4.79 Å². The molecule has 0 saturated carbocycles. The van der Waals surface area contributed by atoms with Crippen molar-refractivity contribution in [3.63, 3.8) is 0 Å². The minimum Gasteiger partial charge on any atom is -0.366 e. The van der Waals surface area contributed by atoms with Crippen LogP contribution in [0.25, 0.3) is 11.4 Å². The summed E-state index contributed by atoms with van der Waals surface area (Å²) in [4.78, 5) is 23.6. The number of halogens is 1. The van der Waals surface area contributed by atoms with Gasteiger partial charge in [-0.1, -0.05) is 47.6 Å². The molecule has 3 aromatic rings. The van der Waals surface area contributed by atoms with Crippen molar-refractivity contribution in [2.24, 2.45) is 5.92 Å². The molecule has 2 fully saturated rings. The molecule has 0 unspecified atom stereocenters. The maximum atomic E-state index is 14.1. The molecular formula is C24H26FN5O2. The predicted octanol–water partition coefficient (Wildman–Crippen LogP) is 3.44. The molecule has 5 rings (SSSR count). The van der Waals surface area contributed by atoms with Crippen molar-refractivity contribution in [3.8, 4) is 11.4 Å². The van der Waals surface area contributed by atoms with E-state index in [1.54, 1.807) is 12.1 Å². The van der Waals surface area contributed by atoms with Crippen molar-refractivity contribution < 1.29 is 13.7 Å². The maximum absolute atomic E-state index is 14.1. The van der Waals surface area contributed by atoms with Crippen molar-refractivity contribution in [1.82, 2.24) is 15.0 Å². The highest BCUT2D eigenvalue weighted by atomic mass is 19.1. The zero-order valence-corrected chi connectivity index (χ0v) is 17.9. The van der Waals surface area contributed by atoms with Crippen LogP contribution < -0.4 is 9.80 Å². The zero-order valence-electron chi connectivity index (χ0n) is 17.9. The van der Waals surface area contributed by atoms with Gasteiger partial charge in [-0.3, -0.25) is 4.79 Å². The zero-order chi connectivity index (χ0) is 21.9. The van der Waals surface area contributed by atoms with Crippen LogP contribution in [0, 0.1) is 11.7 Å². The topological polar surface area (TPSA) is 65.7 Å². The van der Waals surface area contributed by atoms with Gasteiger partial charge < -0.3 is 19.2 Å². The van der Waals surface area contributed by atoms with Crippen LogP contribution in [-0.4, -0.2) is 60.2 Å². The molecule has 32 heavy (non-hydrogen) atoms. The van der Waals surface area contributed by atoms with E-state index >= 15 is 0 Å². The van der Waals surface area contributed by atoms with Gasteiger partial charge in [-0.05, 0) is 25.0 Å². The van der Waals surface area contributed by atoms with E-state index in [4.69, 9.17) is 4.52 Å². The lowest BCUT2D eigenvalue weighted by atomic mass is 9.95. The van der Waals surface area contributed by atoms with E-state index in [2.05, 4.69) is 15.0 Å². The van der Waals surface area contributed by atoms with Gasteiger partial charge in [0.1, 0.15) is 5.82 Å². The van der Waals surface area contributed by atoms with E-state index in [0.717, 1.165) is 18.4 Å². The number of piperidine rings is 1. The average Bonchev–Trinajstić information content (AvgIpc) is 3.35. The Bertz CT molecular complexity index is 1060. The van der Waals surface area contributed by atoms with Crippen LogP contribution in [0.5, 0.6) is 0 Å². The third-order valence-electron chi connectivity index (χ3n) is 6.35. The average molecular weight is 436 g/mol. The molecule has 166 valence electrons. The Kier molecular flexibility index (Phi) is 5.75. The normalized spacial score (nSPS) is 17.6. The number of carbonyl (C=O) groups is 1. The number of hydrogen-bond acceptors (Lipinski definition) is 6. The largest absolute Gasteiger partial charge is 0.366 e. The molecule has 2 aromatic carbocycles. The van der Waals surface area contributed by atoms with Crippen molar-refractivity contribution in [2.75, 3.05) is 49.1 Å². The second kappa shape index (κ2) is 8.98. The molecular weight excluding hydrogens is 409 g/mol. The number of piperazine rings is 1. The number of amides is 1. The maximum Gasteiger partial charge on any atom is 0.324 e. The number of hydrogen-bond donors (Lipinski definition) is 0. The minimum atomic E-state index is -0.212. The highest BCUT2D eigenvalue weighted by Crippen LogP contribution is 2.27. The molecule has 2 saturated heterocycles. The van der Waals surface area contributed by atoms with Gasteiger partial charge in [-0.25, -0.2) is 4.39 Å². The van der Waals surface area contributed by atoms with Crippen molar-refractivity contribution in [1.29, 1.82) is 0 Å². The van der Waals surface area contributed by atoms with Gasteiger partial charge in [0.2, 0.25) is 11.7 Å². The second-order valence-corrected chi connectivity index (χ2v) is 8.29. The smallest absolute Gasteiger partial charge is 0.324 e. The summed E-state index contributed by atoms with van der Waals surface area (Å²) in [6.07, 6.45) is 1.52. The Balaban J connectivity index is 1.14. The van der Waals surface area contributed by atoms with E-state index < -0.39 is 0 Å². The summed E-state index contributed by atoms with van der Waals surface area (Å²) in [6.45, 7) is 3.96. The first-order valence-electron chi connectivity index (χ1n) is 11.1. The quantitative estimate of drug-likeness (QED) is 0.626. The van der Waals surface area contributed by atoms with Gasteiger partial charge in [0.05, 0.1) is 5.69 Å². The number of anilines is 2. The summed E-state index contributed by atoms with van der Waals surface area (Å²) < 4.78 is 19.5. The Morgan fingerprint density at radius 3 is 2.28 bits per heavy atom. The van der Waals surface area contributed by atoms with Gasteiger partial charge in [-0.2, -0.15) is 4.98 Å². The van der Waals surface area contributed by atoms with Crippen molar-refractivity contribution in [3.05, 3.63) is 60.4 Å². The summed E-state index contributed by atoms with van der Waals surface area (Å²) in [6, 6.07) is 17.1. The van der Waals surface area contributed by atoms with E-state index in [-0.39, 0.29) is 17.6 Å². The lowest BCUT2D eigenvalue weighted by Gasteiger charge is -2.39. The minimum absolute atomic E-state index is 0.00257. The fraction of sp³-hybridized carbons (Fsp3) is 0.375. The fourth-order valence-electron chi connectivity index (χ4n) is 4.50. The first-order chi connectivity index (χ1) is 15.7. The standard InChI is InChI=1S/C24H26FN5O2/c25-20-8-4-5-9-21(20)28-14-16-29(17-15-28)23(31)19-10-12-30(13-11-19)24-26-22(27-32-24)18-6-2-1-3-7-18/h1-9,19H,10-17H2. The van der Waals surface area contributed by atoms with Crippen LogP contribution in [0.1, 0.15) is 12.8 Å². The molecule has 0 N–H and O–H groups in total. The Morgan fingerprint density at radius 1 is 0.875 bits per heavy atom. The second-order valence-electron chi connectivity index (χ2n) is 8.29. The molecule has 0 bridgehead atoms. The third kappa shape index (κ3) is 4.17. The summed E-state index contributed by atoms with van der Waals surface area (Å²) >= 11 is 0. The number of carbonyl (C=O) groups excluding carboxylic acids is 1. The molecule has 0 spiro atoms. The summed E-state index contributed by atoms with van der Waals surface area (Å²) in [5, 5.41) is 4.09. The van der Waals surface area contributed by atoms with E-state index in [9.17, 15) is 9.18 Å². The van der Waals surface area contributed by atoms with Gasteiger partial charge >= 0.3 is 6.01 Å². The molecule has 1 aromatic heterocycles. The third-order valence-corrected chi connectivity index (χ3v) is 6.35. The lowest BCUT2D eigenvalue weighted by Crippen LogP contribution is -2.52. The number of para-hydroxylation sites is 1. The van der Waals surface area contributed by atoms with Crippen molar-refractivity contribution >= 4 is 17.6 Å². The Morgan fingerprint density at radius 2 is 1.56 bits per heavy atom. The summed E-state index contributed by atoms with van der Waals surface area (Å²) in [5.41, 5.74) is 1.53. The molecule has 0 aliphatic carbocycles. The number of benzene rings is 2. The van der Waals surface area contributed by atoms with Crippen LogP contribution in [0.3, 0.4) is 0 Å². The van der Waals surface area contributed by atoms with Gasteiger partial charge in [0.15, 0.2) is 0 Å². The predicted molar refractivity (Wildman–Crippen MR) is 120 cm³/mol. The summed E-state index contributed by atoms with van der Waals surface area (Å²) in [7, 11) is 0. The van der Waals surface area contributed by atoms with Crippen LogP contribution in [0.2, 0.25) is 0 Å². The summed E-state index contributed by atoms with van der Waals surface area (Å²) in [5.74, 6) is 0.568. The first kappa shape index (κ1) is 20.5. The van der Waals surface area contributed by atoms with Gasteiger partial charge in [0.25, 0.3) is 0 Å². The van der Waals surface area contributed by atoms with E-state index in [0.29, 0.717) is 56.8 Å². The van der Waals surface area contributed by atoms with E-state index in [1.165, 1.54) is 6.07 Å². The molecule has 2 aliphatic heterocycles. The molecule has 1 amide bonds. The molecule has 7 nitrogen and oxygen atoms in total. The molecule has 0 atom stereocenters. The van der Waals surface area contributed by atoms with Gasteiger partial charge in [0, 0.05) is 50.7 Å². The monoisotopic (exact) mass is 435 g/mol. The molecule has 2 aliphatic rings. The first-order valence-corrected chi connectivity index (χ1v) is 11.1. The van der Waals surface area contributed by atoms with Gasteiger partial charge in [-0.15, -0.1) is 0 Å². The molecule has 3 heterocycles. The van der Waals surface area contributed by atoms with E-state index in [1.807, 2.05) is 46.2 Å².